The van der Waals surface area contributed by atoms with Gasteiger partial charge in [0.15, 0.2) is 0 Å². The fourth-order valence-electron chi connectivity index (χ4n) is 2.93. The number of amides is 1. The minimum Gasteiger partial charge on any atom is -0.366 e. The van der Waals surface area contributed by atoms with Crippen molar-refractivity contribution in [2.75, 3.05) is 5.32 Å². The summed E-state index contributed by atoms with van der Waals surface area (Å²) < 4.78 is 0. The van der Waals surface area contributed by atoms with E-state index in [4.69, 9.17) is 11.6 Å². The minimum absolute atomic E-state index is 0.0127. The summed E-state index contributed by atoms with van der Waals surface area (Å²) >= 11 is 6.06. The highest BCUT2D eigenvalue weighted by Crippen LogP contribution is 2.30. The molecule has 0 unspecified atom stereocenters. The van der Waals surface area contributed by atoms with Crippen LogP contribution in [0.25, 0.3) is 0 Å². The maximum absolute atomic E-state index is 12.2. The van der Waals surface area contributed by atoms with Gasteiger partial charge in [-0.1, -0.05) is 18.0 Å². The topological polar surface area (TPSA) is 97.2 Å². The number of nitro groups is 1. The smallest absolute Gasteiger partial charge is 0.289 e. The number of halogens is 1. The summed E-state index contributed by atoms with van der Waals surface area (Å²) in [4.78, 5) is 26.4. The van der Waals surface area contributed by atoms with Crippen LogP contribution < -0.4 is 10.6 Å². The van der Waals surface area contributed by atoms with E-state index in [1.54, 1.807) is 0 Å². The van der Waals surface area contributed by atoms with Crippen molar-refractivity contribution in [3.05, 3.63) is 27.4 Å². The van der Waals surface area contributed by atoms with E-state index in [1.165, 1.54) is 12.3 Å². The summed E-state index contributed by atoms with van der Waals surface area (Å²) in [6.45, 7) is 0. The molecule has 1 amide bonds. The summed E-state index contributed by atoms with van der Waals surface area (Å²) in [6, 6.07) is 1.77. The van der Waals surface area contributed by atoms with Gasteiger partial charge in [-0.15, -0.1) is 0 Å². The third-order valence-corrected chi connectivity index (χ3v) is 4.64. The number of nitrogens with zero attached hydrogens (tertiary/aromatic N) is 2. The fourth-order valence-corrected chi connectivity index (χ4v) is 3.15. The number of pyridine rings is 1. The summed E-state index contributed by atoms with van der Waals surface area (Å²) in [5.41, 5.74) is -0.133. The van der Waals surface area contributed by atoms with Crippen molar-refractivity contribution in [2.45, 2.75) is 50.6 Å². The van der Waals surface area contributed by atoms with E-state index in [9.17, 15) is 14.9 Å². The number of hydrogen-bond acceptors (Lipinski definition) is 5. The van der Waals surface area contributed by atoms with Gasteiger partial charge >= 0.3 is 0 Å². The number of carbonyl (C=O) groups excluding carboxylic acids is 1. The molecule has 2 aliphatic rings. The van der Waals surface area contributed by atoms with Crippen molar-refractivity contribution >= 4 is 29.0 Å². The standard InChI is InChI=1S/C15H19ClN4O3/c16-13-7-12(20(22)23)8-17-14(13)18-11-3-1-2-9(6-11)15(21)19-10-4-5-10/h7-11H,1-6H2,(H,17,18)(H,19,21)/t9-,11+/m0/s1. The van der Waals surface area contributed by atoms with Gasteiger partial charge in [-0.3, -0.25) is 14.9 Å². The van der Waals surface area contributed by atoms with E-state index < -0.39 is 4.92 Å². The Labute approximate surface area is 139 Å². The first-order valence-corrected chi connectivity index (χ1v) is 8.27. The lowest BCUT2D eigenvalue weighted by atomic mass is 9.85. The van der Waals surface area contributed by atoms with Gasteiger partial charge in [0.1, 0.15) is 12.0 Å². The van der Waals surface area contributed by atoms with Crippen molar-refractivity contribution < 1.29 is 9.72 Å². The largest absolute Gasteiger partial charge is 0.366 e. The summed E-state index contributed by atoms with van der Waals surface area (Å²) in [5, 5.41) is 17.2. The van der Waals surface area contributed by atoms with Gasteiger partial charge in [-0.05, 0) is 32.1 Å². The monoisotopic (exact) mass is 338 g/mol. The first kappa shape index (κ1) is 16.0. The molecular weight excluding hydrogens is 320 g/mol. The van der Waals surface area contributed by atoms with Crippen LogP contribution in [0.4, 0.5) is 11.5 Å². The Morgan fingerprint density at radius 3 is 2.74 bits per heavy atom. The van der Waals surface area contributed by atoms with Gasteiger partial charge in [0.2, 0.25) is 5.91 Å². The molecule has 7 nitrogen and oxygen atoms in total. The van der Waals surface area contributed by atoms with Crippen LogP contribution in [0.5, 0.6) is 0 Å². The lowest BCUT2D eigenvalue weighted by molar-refractivity contribution is -0.385. The highest BCUT2D eigenvalue weighted by Gasteiger charge is 2.31. The van der Waals surface area contributed by atoms with Crippen molar-refractivity contribution in [1.29, 1.82) is 0 Å². The van der Waals surface area contributed by atoms with Crippen LogP contribution in [0.3, 0.4) is 0 Å². The van der Waals surface area contributed by atoms with Crippen LogP contribution >= 0.6 is 11.6 Å². The Bertz CT molecular complexity index is 621. The Morgan fingerprint density at radius 1 is 1.30 bits per heavy atom. The van der Waals surface area contributed by atoms with Crippen molar-refractivity contribution in [3.63, 3.8) is 0 Å². The Balaban J connectivity index is 1.60. The molecule has 0 bridgehead atoms. The van der Waals surface area contributed by atoms with Gasteiger partial charge in [0, 0.05) is 24.1 Å². The predicted molar refractivity (Wildman–Crippen MR) is 86.4 cm³/mol. The van der Waals surface area contributed by atoms with Crippen LogP contribution in [-0.2, 0) is 4.79 Å². The third kappa shape index (κ3) is 4.10. The van der Waals surface area contributed by atoms with E-state index >= 15 is 0 Å². The van der Waals surface area contributed by atoms with E-state index in [0.717, 1.165) is 38.5 Å². The van der Waals surface area contributed by atoms with Gasteiger partial charge in [-0.2, -0.15) is 0 Å². The van der Waals surface area contributed by atoms with Gasteiger partial charge in [-0.25, -0.2) is 4.98 Å². The Morgan fingerprint density at radius 2 is 2.09 bits per heavy atom. The van der Waals surface area contributed by atoms with Crippen LogP contribution in [0.2, 0.25) is 5.02 Å². The first-order chi connectivity index (χ1) is 11.0. The second kappa shape index (κ2) is 6.70. The molecule has 2 aliphatic carbocycles. The second-order valence-electron chi connectivity index (χ2n) is 6.27. The van der Waals surface area contributed by atoms with Crippen LogP contribution in [0.1, 0.15) is 38.5 Å². The molecule has 23 heavy (non-hydrogen) atoms. The summed E-state index contributed by atoms with van der Waals surface area (Å²) in [7, 11) is 0. The average Bonchev–Trinajstić information content (AvgIpc) is 3.33. The lowest BCUT2D eigenvalue weighted by Crippen LogP contribution is -2.38. The van der Waals surface area contributed by atoms with Gasteiger partial charge in [0.25, 0.3) is 5.69 Å². The normalized spacial score (nSPS) is 24.0. The zero-order valence-electron chi connectivity index (χ0n) is 12.6. The summed E-state index contributed by atoms with van der Waals surface area (Å²) in [5.74, 6) is 0.589. The molecule has 3 rings (SSSR count). The van der Waals surface area contributed by atoms with Crippen LogP contribution in [0, 0.1) is 16.0 Å². The maximum Gasteiger partial charge on any atom is 0.289 e. The highest BCUT2D eigenvalue weighted by atomic mass is 35.5. The molecular formula is C15H19ClN4O3. The quantitative estimate of drug-likeness (QED) is 0.635. The first-order valence-electron chi connectivity index (χ1n) is 7.90. The average molecular weight is 339 g/mol. The van der Waals surface area contributed by atoms with E-state index in [-0.39, 0.29) is 28.6 Å². The molecule has 124 valence electrons. The molecule has 0 aromatic carbocycles. The molecule has 2 saturated carbocycles. The summed E-state index contributed by atoms with van der Waals surface area (Å²) in [6.07, 6.45) is 6.89. The molecule has 1 aromatic heterocycles. The lowest BCUT2D eigenvalue weighted by Gasteiger charge is -2.29. The van der Waals surface area contributed by atoms with Crippen molar-refractivity contribution in [2.24, 2.45) is 5.92 Å². The maximum atomic E-state index is 12.2. The second-order valence-corrected chi connectivity index (χ2v) is 6.68. The fraction of sp³-hybridized carbons (Fsp3) is 0.600. The highest BCUT2D eigenvalue weighted by molar-refractivity contribution is 6.33. The molecule has 8 heteroatoms. The molecule has 1 aromatic rings. The molecule has 1 heterocycles. The number of nitrogens with one attached hydrogen (secondary N) is 2. The zero-order chi connectivity index (χ0) is 16.4. The number of anilines is 1. The number of carbonyl (C=O) groups is 1. The third-order valence-electron chi connectivity index (χ3n) is 4.35. The van der Waals surface area contributed by atoms with E-state index in [2.05, 4.69) is 15.6 Å². The Hall–Kier alpha value is -1.89. The molecule has 2 N–H and O–H groups in total. The van der Waals surface area contributed by atoms with Crippen LogP contribution in [-0.4, -0.2) is 27.9 Å². The molecule has 0 spiro atoms. The van der Waals surface area contributed by atoms with Crippen LogP contribution in [0.15, 0.2) is 12.3 Å². The SMILES string of the molecule is O=C(NC1CC1)[C@H]1CCC[C@@H](Nc2ncc([N+](=O)[O-])cc2Cl)C1. The van der Waals surface area contributed by atoms with Crippen molar-refractivity contribution in [1.82, 2.24) is 10.3 Å². The van der Waals surface area contributed by atoms with Gasteiger partial charge < -0.3 is 10.6 Å². The Kier molecular flexibility index (Phi) is 4.66. The molecule has 0 saturated heterocycles. The molecule has 0 aliphatic heterocycles. The molecule has 2 atom stereocenters. The number of hydrogen-bond donors (Lipinski definition) is 2. The van der Waals surface area contributed by atoms with Crippen molar-refractivity contribution in [3.8, 4) is 0 Å². The zero-order valence-corrected chi connectivity index (χ0v) is 13.4. The predicted octanol–water partition coefficient (Wildman–Crippen LogP) is 2.89. The van der Waals surface area contributed by atoms with Gasteiger partial charge in [0.05, 0.1) is 9.95 Å². The molecule has 0 radical (unpaired) electrons. The van der Waals surface area contributed by atoms with E-state index in [1.807, 2.05) is 0 Å². The molecule has 2 fully saturated rings. The number of aromatic nitrogens is 1. The van der Waals surface area contributed by atoms with E-state index in [0.29, 0.717) is 11.9 Å². The number of rotatable bonds is 5. The minimum atomic E-state index is -0.526.